The third-order valence-corrected chi connectivity index (χ3v) is 7.44. The van der Waals surface area contributed by atoms with E-state index in [2.05, 4.69) is 115 Å². The molecule has 2 aromatic heterocycles. The quantitative estimate of drug-likeness (QED) is 0.171. The Hall–Kier alpha value is -4.08. The Morgan fingerprint density at radius 3 is 2.39 bits per heavy atom. The van der Waals surface area contributed by atoms with Gasteiger partial charge in [0, 0.05) is 55.7 Å². The molecule has 0 atom stereocenters. The zero-order chi connectivity index (χ0) is 27.4. The topological polar surface area (TPSA) is 33.5 Å². The van der Waals surface area contributed by atoms with E-state index in [4.69, 9.17) is 4.74 Å². The van der Waals surface area contributed by atoms with Crippen molar-refractivity contribution in [2.45, 2.75) is 26.2 Å². The molecule has 0 saturated heterocycles. The molecule has 41 heavy (non-hydrogen) atoms. The minimum atomic E-state index is 0. The molecule has 0 bridgehead atoms. The molecule has 5 nitrogen and oxygen atoms in total. The first-order valence-corrected chi connectivity index (χ1v) is 13.5. The van der Waals surface area contributed by atoms with Gasteiger partial charge in [-0.15, -0.1) is 41.4 Å². The number of hydrogen-bond acceptors (Lipinski definition) is 4. The minimum Gasteiger partial charge on any atom is -0.509 e. The van der Waals surface area contributed by atoms with Gasteiger partial charge >= 0.3 is 0 Å². The molecular formula is C35H29N4OPt-3. The predicted octanol–water partition coefficient (Wildman–Crippen LogP) is 8.57. The zero-order valence-corrected chi connectivity index (χ0v) is 25.6. The van der Waals surface area contributed by atoms with E-state index in [-0.39, 0.29) is 26.5 Å². The number of benzene rings is 4. The van der Waals surface area contributed by atoms with Crippen molar-refractivity contribution in [1.82, 2.24) is 9.55 Å². The van der Waals surface area contributed by atoms with Gasteiger partial charge < -0.3 is 19.1 Å². The van der Waals surface area contributed by atoms with E-state index >= 15 is 0 Å². The first-order chi connectivity index (χ1) is 19.4. The number of anilines is 3. The molecule has 6 heteroatoms. The van der Waals surface area contributed by atoms with Crippen molar-refractivity contribution in [1.29, 1.82) is 0 Å². The van der Waals surface area contributed by atoms with Gasteiger partial charge in [0.05, 0.1) is 0 Å². The van der Waals surface area contributed by atoms with E-state index in [1.165, 1.54) is 5.56 Å². The first kappa shape index (κ1) is 27.1. The normalized spacial score (nSPS) is 13.0. The fourth-order valence-electron chi connectivity index (χ4n) is 5.38. The van der Waals surface area contributed by atoms with Gasteiger partial charge in [-0.1, -0.05) is 56.6 Å². The molecule has 0 fully saturated rings. The zero-order valence-electron chi connectivity index (χ0n) is 23.3. The van der Waals surface area contributed by atoms with Gasteiger partial charge in [0.15, 0.2) is 0 Å². The summed E-state index contributed by atoms with van der Waals surface area (Å²) in [5.74, 6) is 2.10. The second-order valence-corrected chi connectivity index (χ2v) is 11.2. The molecule has 0 aliphatic carbocycles. The van der Waals surface area contributed by atoms with Crippen LogP contribution in [0.3, 0.4) is 0 Å². The maximum absolute atomic E-state index is 6.37. The molecule has 0 unspecified atom stereocenters. The summed E-state index contributed by atoms with van der Waals surface area (Å²) in [4.78, 5) is 8.93. The van der Waals surface area contributed by atoms with Crippen LogP contribution in [-0.2, 0) is 26.5 Å². The largest absolute Gasteiger partial charge is 0.509 e. The van der Waals surface area contributed by atoms with Gasteiger partial charge in [0.1, 0.15) is 5.82 Å². The second-order valence-electron chi connectivity index (χ2n) is 11.2. The maximum atomic E-state index is 6.37. The molecule has 0 spiro atoms. The van der Waals surface area contributed by atoms with Gasteiger partial charge in [0.2, 0.25) is 0 Å². The summed E-state index contributed by atoms with van der Waals surface area (Å²) < 4.78 is 8.50. The monoisotopic (exact) mass is 716 g/mol. The van der Waals surface area contributed by atoms with Crippen LogP contribution in [0.4, 0.5) is 17.1 Å². The van der Waals surface area contributed by atoms with Crippen LogP contribution in [0.2, 0.25) is 0 Å². The Morgan fingerprint density at radius 2 is 1.59 bits per heavy atom. The number of nitrogens with zero attached hydrogens (tertiary/aromatic N) is 4. The van der Waals surface area contributed by atoms with Gasteiger partial charge in [-0.05, 0) is 53.7 Å². The predicted molar refractivity (Wildman–Crippen MR) is 163 cm³/mol. The minimum absolute atomic E-state index is 0. The molecule has 7 rings (SSSR count). The first-order valence-electron chi connectivity index (χ1n) is 13.5. The Bertz CT molecular complexity index is 1870. The van der Waals surface area contributed by atoms with Crippen LogP contribution in [0.15, 0.2) is 97.2 Å². The Labute approximate surface area is 255 Å². The van der Waals surface area contributed by atoms with Crippen LogP contribution in [-0.4, -0.2) is 16.6 Å². The van der Waals surface area contributed by atoms with Crippen LogP contribution >= 0.6 is 0 Å². The molecule has 6 aromatic rings. The maximum Gasteiger partial charge on any atom is 0.135 e. The van der Waals surface area contributed by atoms with Crippen molar-refractivity contribution in [2.75, 3.05) is 16.8 Å². The summed E-state index contributed by atoms with van der Waals surface area (Å²) in [5.41, 5.74) is 6.57. The van der Waals surface area contributed by atoms with Crippen LogP contribution in [0.1, 0.15) is 26.3 Å². The second kappa shape index (κ2) is 10.4. The number of pyridine rings is 1. The van der Waals surface area contributed by atoms with Gasteiger partial charge in [-0.3, -0.25) is 0 Å². The average Bonchev–Trinajstić information content (AvgIpc) is 3.47. The van der Waals surface area contributed by atoms with Crippen molar-refractivity contribution in [2.24, 2.45) is 0 Å². The molecule has 0 radical (unpaired) electrons. The molecule has 1 aliphatic rings. The number of rotatable bonds is 4. The molecule has 0 saturated carbocycles. The summed E-state index contributed by atoms with van der Waals surface area (Å²) in [6.07, 6.45) is 1.81. The number of aromatic nitrogens is 2. The smallest absolute Gasteiger partial charge is 0.135 e. The fraction of sp³-hybridized carbons (Fsp3) is 0.143. The van der Waals surface area contributed by atoms with Crippen LogP contribution in [0, 0.1) is 18.8 Å². The van der Waals surface area contributed by atoms with Crippen molar-refractivity contribution < 1.29 is 25.8 Å². The number of hydrogen-bond donors (Lipinski definition) is 0. The van der Waals surface area contributed by atoms with Crippen molar-refractivity contribution in [3.63, 3.8) is 0 Å². The van der Waals surface area contributed by atoms with E-state index in [0.29, 0.717) is 11.5 Å². The number of ether oxygens (including phenoxy) is 1. The molecule has 0 amide bonds. The summed E-state index contributed by atoms with van der Waals surface area (Å²) in [6, 6.07) is 38.0. The summed E-state index contributed by atoms with van der Waals surface area (Å²) >= 11 is 0. The van der Waals surface area contributed by atoms with Gasteiger partial charge in [-0.25, -0.2) is 4.98 Å². The Morgan fingerprint density at radius 1 is 0.780 bits per heavy atom. The number of fused-ring (bicyclic) bond motifs is 4. The van der Waals surface area contributed by atoms with Crippen LogP contribution in [0.5, 0.6) is 11.5 Å². The fourth-order valence-corrected chi connectivity index (χ4v) is 5.38. The summed E-state index contributed by atoms with van der Waals surface area (Å²) in [7, 11) is 2.07. The number of para-hydroxylation sites is 1. The SMILES string of the molecule is CN1[CH-]N(c2[c-]c(Oc3[c-]c4c(cc3)c3ccccc3n4-c3ccccn3)ccc2)c2cc(C(C)(C)C)ccc21.[Pt]. The van der Waals surface area contributed by atoms with Crippen molar-refractivity contribution in [3.8, 4) is 17.3 Å². The van der Waals surface area contributed by atoms with Crippen molar-refractivity contribution >= 4 is 38.9 Å². The molecule has 208 valence electrons. The van der Waals surface area contributed by atoms with Gasteiger partial charge in [0.25, 0.3) is 0 Å². The van der Waals surface area contributed by atoms with E-state index < -0.39 is 0 Å². The van der Waals surface area contributed by atoms with Crippen LogP contribution < -0.4 is 14.5 Å². The Balaban J connectivity index is 0.00000302. The molecular weight excluding hydrogens is 687 g/mol. The molecule has 1 aliphatic heterocycles. The summed E-state index contributed by atoms with van der Waals surface area (Å²) in [5, 5.41) is 2.26. The van der Waals surface area contributed by atoms with E-state index in [1.54, 1.807) is 0 Å². The third-order valence-electron chi connectivity index (χ3n) is 7.44. The molecule has 0 N–H and O–H groups in total. The average molecular weight is 717 g/mol. The molecule has 4 aromatic carbocycles. The van der Waals surface area contributed by atoms with E-state index in [9.17, 15) is 0 Å². The van der Waals surface area contributed by atoms with Crippen LogP contribution in [0.25, 0.3) is 27.6 Å². The van der Waals surface area contributed by atoms with Gasteiger partial charge in [-0.2, -0.15) is 18.8 Å². The molecule has 3 heterocycles. The third kappa shape index (κ3) is 4.79. The summed E-state index contributed by atoms with van der Waals surface area (Å²) in [6.45, 7) is 8.81. The Kier molecular flexibility index (Phi) is 6.87. The van der Waals surface area contributed by atoms with E-state index in [1.807, 2.05) is 48.7 Å². The van der Waals surface area contributed by atoms with E-state index in [0.717, 1.165) is 44.7 Å². The van der Waals surface area contributed by atoms with Crippen molar-refractivity contribution in [3.05, 3.63) is 122 Å². The standard InChI is InChI=1S/C35H29N4O.Pt/c1-35(2,3)24-15-18-31-33(20-24)38(23-37(31)4)25-10-9-11-26(21-25)40-27-16-17-29-28-12-5-6-13-30(28)39(32(29)22-27)34-14-7-8-19-36-34;/h5-20,23H,1-4H3;/q-3;.